The van der Waals surface area contributed by atoms with Crippen LogP contribution in [0.2, 0.25) is 5.02 Å². The Morgan fingerprint density at radius 2 is 2.11 bits per heavy atom. The third-order valence-electron chi connectivity index (χ3n) is 3.82. The summed E-state index contributed by atoms with van der Waals surface area (Å²) in [5.41, 5.74) is 1.38. The molecule has 2 unspecified atom stereocenters. The molecule has 19 heavy (non-hydrogen) atoms. The molecule has 0 aromatic heterocycles. The van der Waals surface area contributed by atoms with Crippen molar-refractivity contribution in [2.75, 3.05) is 11.9 Å². The average Bonchev–Trinajstić information content (AvgIpc) is 2.93. The number of rotatable bonds is 7. The van der Waals surface area contributed by atoms with Crippen LogP contribution in [-0.4, -0.2) is 18.0 Å². The first-order valence-electron chi connectivity index (χ1n) is 7.20. The molecule has 0 amide bonds. The summed E-state index contributed by atoms with van der Waals surface area (Å²) >= 11 is 9.56. The van der Waals surface area contributed by atoms with Gasteiger partial charge in [-0.15, -0.1) is 0 Å². The third-order valence-corrected chi connectivity index (χ3v) is 4.99. The monoisotopic (exact) mass is 344 g/mol. The molecule has 0 saturated carbocycles. The maximum Gasteiger partial charge on any atom is 0.0576 e. The highest BCUT2D eigenvalue weighted by Crippen LogP contribution is 2.22. The van der Waals surface area contributed by atoms with Crippen LogP contribution in [-0.2, 0) is 11.2 Å². The molecule has 0 aliphatic carbocycles. The van der Waals surface area contributed by atoms with Gasteiger partial charge >= 0.3 is 0 Å². The Labute approximate surface area is 129 Å². The fraction of sp³-hybridized carbons (Fsp3) is 0.625. The van der Waals surface area contributed by atoms with Gasteiger partial charge in [0, 0.05) is 17.0 Å². The largest absolute Gasteiger partial charge is 0.378 e. The number of benzene rings is 1. The quantitative estimate of drug-likeness (QED) is 0.614. The first kappa shape index (κ1) is 15.3. The van der Waals surface area contributed by atoms with Crippen LogP contribution < -0.4 is 0 Å². The smallest absolute Gasteiger partial charge is 0.0576 e. The Morgan fingerprint density at radius 3 is 2.74 bits per heavy atom. The van der Waals surface area contributed by atoms with Gasteiger partial charge in [0.1, 0.15) is 0 Å². The predicted molar refractivity (Wildman–Crippen MR) is 85.3 cm³/mol. The zero-order valence-corrected chi connectivity index (χ0v) is 13.6. The maximum atomic E-state index is 5.92. The molecule has 0 spiro atoms. The summed E-state index contributed by atoms with van der Waals surface area (Å²) in [6, 6.07) is 8.24. The molecule has 2 atom stereocenters. The second-order valence-corrected chi connectivity index (χ2v) is 6.50. The SMILES string of the molecule is Clc1ccc(CC(CBr)CCCC2CCCO2)cc1. The fourth-order valence-corrected chi connectivity index (χ4v) is 3.37. The third kappa shape index (κ3) is 5.45. The molecule has 2 rings (SSSR count). The van der Waals surface area contributed by atoms with Crippen molar-refractivity contribution in [2.24, 2.45) is 5.92 Å². The minimum atomic E-state index is 0.534. The zero-order chi connectivity index (χ0) is 13.5. The molecule has 1 saturated heterocycles. The highest BCUT2D eigenvalue weighted by molar-refractivity contribution is 9.09. The lowest BCUT2D eigenvalue weighted by Crippen LogP contribution is -2.09. The summed E-state index contributed by atoms with van der Waals surface area (Å²) in [7, 11) is 0. The topological polar surface area (TPSA) is 9.23 Å². The highest BCUT2D eigenvalue weighted by Gasteiger charge is 2.16. The zero-order valence-electron chi connectivity index (χ0n) is 11.3. The van der Waals surface area contributed by atoms with Crippen LogP contribution in [0.5, 0.6) is 0 Å². The van der Waals surface area contributed by atoms with Crippen LogP contribution >= 0.6 is 27.5 Å². The summed E-state index contributed by atoms with van der Waals surface area (Å²) in [4.78, 5) is 0. The molecule has 106 valence electrons. The van der Waals surface area contributed by atoms with Crippen LogP contribution in [0.3, 0.4) is 0 Å². The van der Waals surface area contributed by atoms with E-state index in [4.69, 9.17) is 16.3 Å². The second kappa shape index (κ2) is 8.28. The van der Waals surface area contributed by atoms with E-state index in [1.54, 1.807) is 0 Å². The minimum Gasteiger partial charge on any atom is -0.378 e. The van der Waals surface area contributed by atoms with E-state index in [1.165, 1.54) is 37.7 Å². The van der Waals surface area contributed by atoms with E-state index in [9.17, 15) is 0 Å². The lowest BCUT2D eigenvalue weighted by molar-refractivity contribution is 0.101. The molecular weight excluding hydrogens is 324 g/mol. The predicted octanol–water partition coefficient (Wildman–Crippen LogP) is 5.24. The Hall–Kier alpha value is -0.0500. The molecule has 3 heteroatoms. The van der Waals surface area contributed by atoms with Crippen LogP contribution in [0.15, 0.2) is 24.3 Å². The van der Waals surface area contributed by atoms with Gasteiger partial charge < -0.3 is 4.74 Å². The molecule has 0 radical (unpaired) electrons. The van der Waals surface area contributed by atoms with Crippen LogP contribution in [0.25, 0.3) is 0 Å². The second-order valence-electron chi connectivity index (χ2n) is 5.42. The van der Waals surface area contributed by atoms with Crippen molar-refractivity contribution in [3.8, 4) is 0 Å². The minimum absolute atomic E-state index is 0.534. The number of hydrogen-bond acceptors (Lipinski definition) is 1. The summed E-state index contributed by atoms with van der Waals surface area (Å²) in [5.74, 6) is 0.711. The summed E-state index contributed by atoms with van der Waals surface area (Å²) < 4.78 is 5.67. The Bertz CT molecular complexity index is 360. The molecule has 1 aromatic carbocycles. The Morgan fingerprint density at radius 1 is 1.32 bits per heavy atom. The van der Waals surface area contributed by atoms with Gasteiger partial charge in [0.25, 0.3) is 0 Å². The molecule has 1 heterocycles. The standard InChI is InChI=1S/C16H22BrClO/c17-12-14(3-1-4-16-5-2-10-19-16)11-13-6-8-15(18)9-7-13/h6-9,14,16H,1-5,10-12H2. The van der Waals surface area contributed by atoms with Crippen LogP contribution in [0.4, 0.5) is 0 Å². The molecule has 0 N–H and O–H groups in total. The van der Waals surface area contributed by atoms with E-state index in [0.29, 0.717) is 12.0 Å². The summed E-state index contributed by atoms with van der Waals surface area (Å²) in [6.07, 6.45) is 7.94. The average molecular weight is 346 g/mol. The van der Waals surface area contributed by atoms with Crippen LogP contribution in [0, 0.1) is 5.92 Å². The van der Waals surface area contributed by atoms with E-state index in [0.717, 1.165) is 23.4 Å². The van der Waals surface area contributed by atoms with Crippen LogP contribution in [0.1, 0.15) is 37.7 Å². The highest BCUT2D eigenvalue weighted by atomic mass is 79.9. The van der Waals surface area contributed by atoms with E-state index in [2.05, 4.69) is 28.1 Å². The Balaban J connectivity index is 1.71. The van der Waals surface area contributed by atoms with Gasteiger partial charge in [-0.1, -0.05) is 46.1 Å². The van der Waals surface area contributed by atoms with Gasteiger partial charge in [-0.25, -0.2) is 0 Å². The number of alkyl halides is 1. The molecule has 1 aliphatic heterocycles. The van der Waals surface area contributed by atoms with E-state index in [1.807, 2.05) is 12.1 Å². The van der Waals surface area contributed by atoms with E-state index < -0.39 is 0 Å². The van der Waals surface area contributed by atoms with Gasteiger partial charge in [-0.05, 0) is 55.7 Å². The first-order valence-corrected chi connectivity index (χ1v) is 8.70. The van der Waals surface area contributed by atoms with Gasteiger partial charge in [-0.3, -0.25) is 0 Å². The summed E-state index contributed by atoms with van der Waals surface area (Å²) in [5, 5.41) is 1.89. The lowest BCUT2D eigenvalue weighted by atomic mass is 9.95. The molecule has 1 aliphatic rings. The molecular formula is C16H22BrClO. The normalized spacial score (nSPS) is 20.6. The van der Waals surface area contributed by atoms with Crippen molar-refractivity contribution in [3.63, 3.8) is 0 Å². The summed E-state index contributed by atoms with van der Waals surface area (Å²) in [6.45, 7) is 0.970. The van der Waals surface area contributed by atoms with Gasteiger partial charge in [-0.2, -0.15) is 0 Å². The van der Waals surface area contributed by atoms with Gasteiger partial charge in [0.05, 0.1) is 6.10 Å². The van der Waals surface area contributed by atoms with Crippen molar-refractivity contribution in [3.05, 3.63) is 34.9 Å². The fourth-order valence-electron chi connectivity index (χ4n) is 2.69. The molecule has 1 fully saturated rings. The van der Waals surface area contributed by atoms with Crippen molar-refractivity contribution >= 4 is 27.5 Å². The van der Waals surface area contributed by atoms with Gasteiger partial charge in [0.2, 0.25) is 0 Å². The van der Waals surface area contributed by atoms with Crippen molar-refractivity contribution in [2.45, 2.75) is 44.6 Å². The van der Waals surface area contributed by atoms with Crippen molar-refractivity contribution in [1.29, 1.82) is 0 Å². The number of halogens is 2. The lowest BCUT2D eigenvalue weighted by Gasteiger charge is -2.15. The molecule has 1 aromatic rings. The van der Waals surface area contributed by atoms with Crippen molar-refractivity contribution in [1.82, 2.24) is 0 Å². The first-order chi connectivity index (χ1) is 9.28. The van der Waals surface area contributed by atoms with E-state index in [-0.39, 0.29) is 0 Å². The number of ether oxygens (including phenoxy) is 1. The van der Waals surface area contributed by atoms with Crippen molar-refractivity contribution < 1.29 is 4.74 Å². The number of hydrogen-bond donors (Lipinski definition) is 0. The van der Waals surface area contributed by atoms with E-state index >= 15 is 0 Å². The maximum absolute atomic E-state index is 5.92. The molecule has 0 bridgehead atoms. The Kier molecular flexibility index (Phi) is 6.69. The van der Waals surface area contributed by atoms with Gasteiger partial charge in [0.15, 0.2) is 0 Å². The molecule has 1 nitrogen and oxygen atoms in total.